The number of carbonyl (C=O) groups is 1. The smallest absolute Gasteiger partial charge is 0.172 e. The third-order valence-corrected chi connectivity index (χ3v) is 7.25. The molecule has 0 spiro atoms. The fourth-order valence-corrected chi connectivity index (χ4v) is 5.01. The number of carbonyl (C=O) groups excluding carboxylic acids is 1. The van der Waals surface area contributed by atoms with Crippen LogP contribution in [0.4, 0.5) is 0 Å². The number of ketones is 1. The second kappa shape index (κ2) is 10.5. The number of aromatic nitrogens is 1. The van der Waals surface area contributed by atoms with Crippen LogP contribution in [0.1, 0.15) is 61.9 Å². The summed E-state index contributed by atoms with van der Waals surface area (Å²) < 4.78 is 0. The van der Waals surface area contributed by atoms with Gasteiger partial charge < -0.3 is 10.1 Å². The van der Waals surface area contributed by atoms with Crippen molar-refractivity contribution in [3.8, 4) is 11.3 Å². The molecule has 0 saturated heterocycles. The Bertz CT molecular complexity index is 1320. The Hall–Kier alpha value is -3.66. The number of hydrogen-bond donors (Lipinski definition) is 1. The molecule has 36 heavy (non-hydrogen) atoms. The van der Waals surface area contributed by atoms with E-state index >= 15 is 0 Å². The summed E-state index contributed by atoms with van der Waals surface area (Å²) in [6.07, 6.45) is 10.7. The number of aryl methyl sites for hydroxylation is 2. The van der Waals surface area contributed by atoms with Crippen LogP contribution in [-0.2, 0) is 17.6 Å². The van der Waals surface area contributed by atoms with Gasteiger partial charge in [0.2, 0.25) is 0 Å². The lowest BCUT2D eigenvalue weighted by molar-refractivity contribution is -0.315. The molecule has 0 amide bonds. The van der Waals surface area contributed by atoms with E-state index in [4.69, 9.17) is 4.99 Å². The maximum Gasteiger partial charge on any atom is 0.172 e. The molecule has 0 radical (unpaired) electrons. The Balaban J connectivity index is 1.28. The molecule has 1 aliphatic heterocycles. The van der Waals surface area contributed by atoms with Gasteiger partial charge in [-0.15, -0.1) is 5.76 Å². The number of unbranched alkanes of at least 4 members (excludes halogenated alkanes) is 2. The quantitative estimate of drug-likeness (QED) is 0.385. The number of nitrogens with one attached hydrogen (secondary N) is 1. The third-order valence-electron chi connectivity index (χ3n) is 7.25. The van der Waals surface area contributed by atoms with E-state index in [1.807, 2.05) is 24.3 Å². The van der Waals surface area contributed by atoms with E-state index in [0.717, 1.165) is 35.4 Å². The molecule has 2 heterocycles. The Morgan fingerprint density at radius 2 is 1.39 bits per heavy atom. The number of aliphatic imine (C=N–C) groups is 1. The molecule has 2 aliphatic rings. The van der Waals surface area contributed by atoms with Gasteiger partial charge in [0.25, 0.3) is 0 Å². The van der Waals surface area contributed by atoms with Gasteiger partial charge in [0.15, 0.2) is 5.78 Å². The molecular formula is C32H33N2O2-. The molecule has 184 valence electrons. The minimum atomic E-state index is -0.720. The van der Waals surface area contributed by atoms with Crippen molar-refractivity contribution in [2.75, 3.05) is 0 Å². The molecule has 5 rings (SSSR count). The van der Waals surface area contributed by atoms with Crippen molar-refractivity contribution in [3.05, 3.63) is 101 Å². The number of H-pyrrole nitrogens is 1. The van der Waals surface area contributed by atoms with Crippen molar-refractivity contribution in [1.82, 2.24) is 4.98 Å². The van der Waals surface area contributed by atoms with Crippen molar-refractivity contribution < 1.29 is 9.90 Å². The van der Waals surface area contributed by atoms with Crippen LogP contribution in [0.2, 0.25) is 0 Å². The molecule has 0 fully saturated rings. The second-order valence-corrected chi connectivity index (χ2v) is 9.83. The highest BCUT2D eigenvalue weighted by molar-refractivity contribution is 6.29. The molecular weight excluding hydrogens is 444 g/mol. The summed E-state index contributed by atoms with van der Waals surface area (Å²) in [5.41, 5.74) is 7.32. The maximum absolute atomic E-state index is 13.1. The van der Waals surface area contributed by atoms with E-state index in [2.05, 4.69) is 67.4 Å². The van der Waals surface area contributed by atoms with Gasteiger partial charge in [-0.1, -0.05) is 81.3 Å². The second-order valence-electron chi connectivity index (χ2n) is 9.83. The van der Waals surface area contributed by atoms with E-state index in [0.29, 0.717) is 5.69 Å². The molecule has 0 saturated carbocycles. The highest BCUT2D eigenvalue weighted by Gasteiger charge is 2.40. The van der Waals surface area contributed by atoms with Crippen molar-refractivity contribution in [1.29, 1.82) is 0 Å². The fourth-order valence-electron chi connectivity index (χ4n) is 5.01. The summed E-state index contributed by atoms with van der Waals surface area (Å²) in [6.45, 7) is 4.39. The molecule has 1 N–H and O–H groups in total. The summed E-state index contributed by atoms with van der Waals surface area (Å²) in [4.78, 5) is 21.1. The normalized spacial score (nSPS) is 19.1. The van der Waals surface area contributed by atoms with Crippen molar-refractivity contribution in [3.63, 3.8) is 0 Å². The molecule has 4 nitrogen and oxygen atoms in total. The first-order chi connectivity index (χ1) is 17.6. The van der Waals surface area contributed by atoms with Crippen molar-refractivity contribution in [2.45, 2.75) is 58.4 Å². The number of Topliss-reactive ketones (excluding diaryl/α,β-unsaturated/α-hetero) is 1. The molecule has 3 aromatic rings. The van der Waals surface area contributed by atoms with E-state index in [-0.39, 0.29) is 17.1 Å². The van der Waals surface area contributed by atoms with Crippen LogP contribution < -0.4 is 5.11 Å². The first-order valence-corrected chi connectivity index (χ1v) is 13.2. The van der Waals surface area contributed by atoms with Gasteiger partial charge in [0, 0.05) is 17.0 Å². The number of rotatable bonds is 10. The van der Waals surface area contributed by atoms with Gasteiger partial charge in [-0.3, -0.25) is 9.79 Å². The number of hydrogen-bond acceptors (Lipinski definition) is 3. The van der Waals surface area contributed by atoms with Crippen molar-refractivity contribution in [2.24, 2.45) is 10.9 Å². The number of allylic oxidation sites excluding steroid dienone is 2. The highest BCUT2D eigenvalue weighted by atomic mass is 16.3. The topological polar surface area (TPSA) is 68.3 Å². The Morgan fingerprint density at radius 3 is 1.97 bits per heavy atom. The van der Waals surface area contributed by atoms with Crippen LogP contribution in [0.3, 0.4) is 0 Å². The summed E-state index contributed by atoms with van der Waals surface area (Å²) in [6, 6.07) is 20.3. The van der Waals surface area contributed by atoms with Crippen LogP contribution in [0.25, 0.3) is 16.8 Å². The predicted octanol–water partition coefficient (Wildman–Crippen LogP) is 6.06. The summed E-state index contributed by atoms with van der Waals surface area (Å²) >= 11 is 0. The molecule has 2 aromatic carbocycles. The molecule has 2 atom stereocenters. The molecule has 1 aliphatic carbocycles. The Labute approximate surface area is 213 Å². The lowest BCUT2D eigenvalue weighted by atomic mass is 9.76. The van der Waals surface area contributed by atoms with Crippen LogP contribution >= 0.6 is 0 Å². The molecule has 0 bridgehead atoms. The predicted molar refractivity (Wildman–Crippen MR) is 145 cm³/mol. The number of nitrogens with zero attached hydrogens (tertiary/aromatic N) is 1. The van der Waals surface area contributed by atoms with Gasteiger partial charge in [-0.2, -0.15) is 0 Å². The van der Waals surface area contributed by atoms with Crippen LogP contribution in [0.15, 0.2) is 83.6 Å². The highest BCUT2D eigenvalue weighted by Crippen LogP contribution is 2.39. The zero-order valence-electron chi connectivity index (χ0n) is 21.1. The maximum atomic E-state index is 13.1. The average molecular weight is 478 g/mol. The van der Waals surface area contributed by atoms with E-state index in [1.165, 1.54) is 36.8 Å². The monoisotopic (exact) mass is 477 g/mol. The Kier molecular flexibility index (Phi) is 7.04. The van der Waals surface area contributed by atoms with Crippen molar-refractivity contribution >= 4 is 17.1 Å². The summed E-state index contributed by atoms with van der Waals surface area (Å²) in [5.74, 6) is -0.974. The van der Waals surface area contributed by atoms with Gasteiger partial charge in [0.1, 0.15) is 0 Å². The largest absolute Gasteiger partial charge is 0.874 e. The van der Waals surface area contributed by atoms with E-state index in [9.17, 15) is 9.90 Å². The number of benzene rings is 2. The van der Waals surface area contributed by atoms with Crippen LogP contribution in [0.5, 0.6) is 0 Å². The molecule has 4 heteroatoms. The lowest BCUT2D eigenvalue weighted by Gasteiger charge is -2.38. The SMILES string of the molecule is CCCCc1ccc(C2=NC(C3C(=O)C(c4ccc(-c5ccc(CCCC)cc5)[nH]4)=C3[O-])C=C2)cc1. The van der Waals surface area contributed by atoms with Gasteiger partial charge in [-0.05, 0) is 66.1 Å². The molecule has 1 aromatic heterocycles. The summed E-state index contributed by atoms with van der Waals surface area (Å²) in [7, 11) is 0. The van der Waals surface area contributed by atoms with Gasteiger partial charge >= 0.3 is 0 Å². The van der Waals surface area contributed by atoms with E-state index in [1.54, 1.807) is 0 Å². The third kappa shape index (κ3) is 4.73. The first-order valence-electron chi connectivity index (χ1n) is 13.2. The summed E-state index contributed by atoms with van der Waals surface area (Å²) in [5, 5.41) is 13.1. The van der Waals surface area contributed by atoms with Crippen LogP contribution in [-0.4, -0.2) is 22.5 Å². The zero-order valence-corrected chi connectivity index (χ0v) is 21.1. The average Bonchev–Trinajstić information content (AvgIpc) is 3.57. The standard InChI is InChI=1S/C32H34N2O2/c1-3-5-7-21-9-13-23(14-10-21)25-17-19-27(33-25)29-31(35)30(32(29)36)28-20-18-26(34-28)24-15-11-22(12-16-24)8-6-4-2/h9-20,27,29,34-35H,3-8H2,1-2H3/p-1. The Morgan fingerprint density at radius 1 is 0.806 bits per heavy atom. The lowest BCUT2D eigenvalue weighted by Crippen LogP contribution is -2.42. The number of aromatic amines is 1. The van der Waals surface area contributed by atoms with Gasteiger partial charge in [-0.25, -0.2) is 0 Å². The minimum Gasteiger partial charge on any atom is -0.874 e. The minimum absolute atomic E-state index is 0.127. The molecule has 2 unspecified atom stereocenters. The zero-order chi connectivity index (χ0) is 25.1. The first kappa shape index (κ1) is 24.1. The van der Waals surface area contributed by atoms with E-state index < -0.39 is 12.0 Å². The fraction of sp³-hybridized carbons (Fsp3) is 0.312. The van der Waals surface area contributed by atoms with Gasteiger partial charge in [0.05, 0.1) is 17.7 Å². The van der Waals surface area contributed by atoms with Crippen LogP contribution in [0, 0.1) is 5.92 Å².